The number of likely N-dealkylation sites (N-methyl/N-ethyl adjacent to an activating group) is 1. The largest absolute Gasteiger partial charge is 0.464 e. The van der Waals surface area contributed by atoms with Crippen LogP contribution in [0.25, 0.3) is 0 Å². The highest BCUT2D eigenvalue weighted by Gasteiger charge is 2.40. The van der Waals surface area contributed by atoms with Gasteiger partial charge in [0.15, 0.2) is 5.78 Å². The number of cyclic esters (lactones) is 1. The lowest BCUT2D eigenvalue weighted by Crippen LogP contribution is -2.39. The SMILES string of the molecule is CC1CC(C)CN(C)CCOC(=O)C(C)(C)C(=O)C(C)C1. The summed E-state index contributed by atoms with van der Waals surface area (Å²) in [6.45, 7) is 11.8. The molecule has 3 unspecified atom stereocenters. The molecule has 4 heteroatoms. The van der Waals surface area contributed by atoms with Gasteiger partial charge in [0, 0.05) is 19.0 Å². The van der Waals surface area contributed by atoms with E-state index in [9.17, 15) is 9.59 Å². The minimum absolute atomic E-state index is 0.000366. The second kappa shape index (κ2) is 7.39. The zero-order valence-corrected chi connectivity index (χ0v) is 14.4. The van der Waals surface area contributed by atoms with Crippen LogP contribution in [0.2, 0.25) is 0 Å². The first-order valence-electron chi connectivity index (χ1n) is 8.04. The van der Waals surface area contributed by atoms with Crippen molar-refractivity contribution in [2.45, 2.75) is 47.5 Å². The van der Waals surface area contributed by atoms with Crippen molar-refractivity contribution in [2.75, 3.05) is 26.7 Å². The van der Waals surface area contributed by atoms with Gasteiger partial charge in [0.05, 0.1) is 0 Å². The molecule has 0 aromatic rings. The summed E-state index contributed by atoms with van der Waals surface area (Å²) >= 11 is 0. The van der Waals surface area contributed by atoms with Gasteiger partial charge in [-0.3, -0.25) is 9.59 Å². The second-order valence-electron chi connectivity index (χ2n) is 7.47. The number of esters is 1. The van der Waals surface area contributed by atoms with Crippen LogP contribution in [0.15, 0.2) is 0 Å². The number of carbonyl (C=O) groups excluding carboxylic acids is 2. The molecule has 21 heavy (non-hydrogen) atoms. The van der Waals surface area contributed by atoms with Crippen LogP contribution in [0.3, 0.4) is 0 Å². The molecule has 1 rings (SSSR count). The first-order valence-corrected chi connectivity index (χ1v) is 8.04. The van der Waals surface area contributed by atoms with Crippen LogP contribution in [-0.2, 0) is 14.3 Å². The van der Waals surface area contributed by atoms with E-state index >= 15 is 0 Å². The van der Waals surface area contributed by atoms with Gasteiger partial charge < -0.3 is 9.64 Å². The molecule has 0 bridgehead atoms. The van der Waals surface area contributed by atoms with Crippen molar-refractivity contribution in [3.63, 3.8) is 0 Å². The Labute approximate surface area is 129 Å². The molecule has 1 aliphatic rings. The quantitative estimate of drug-likeness (QED) is 0.509. The predicted molar refractivity (Wildman–Crippen MR) is 84.0 cm³/mol. The van der Waals surface area contributed by atoms with Crippen LogP contribution in [0, 0.1) is 23.2 Å². The minimum atomic E-state index is -1.04. The third kappa shape index (κ3) is 5.10. The number of Topliss-reactive ketones (excluding diaryl/α,β-unsaturated/α-hetero) is 1. The maximum Gasteiger partial charge on any atom is 0.319 e. The van der Waals surface area contributed by atoms with Crippen molar-refractivity contribution in [1.29, 1.82) is 0 Å². The van der Waals surface area contributed by atoms with Gasteiger partial charge in [0.25, 0.3) is 0 Å². The summed E-state index contributed by atoms with van der Waals surface area (Å²) in [4.78, 5) is 26.9. The molecule has 122 valence electrons. The summed E-state index contributed by atoms with van der Waals surface area (Å²) < 4.78 is 5.32. The van der Waals surface area contributed by atoms with Crippen molar-refractivity contribution < 1.29 is 14.3 Å². The molecule has 0 N–H and O–H groups in total. The summed E-state index contributed by atoms with van der Waals surface area (Å²) in [5.74, 6) is 0.567. The molecule has 1 saturated heterocycles. The van der Waals surface area contributed by atoms with Crippen LogP contribution >= 0.6 is 0 Å². The average molecular weight is 297 g/mol. The number of hydrogen-bond donors (Lipinski definition) is 0. The molecule has 0 aliphatic carbocycles. The van der Waals surface area contributed by atoms with Gasteiger partial charge in [0.1, 0.15) is 12.0 Å². The second-order valence-corrected chi connectivity index (χ2v) is 7.47. The minimum Gasteiger partial charge on any atom is -0.464 e. The molecule has 0 spiro atoms. The van der Waals surface area contributed by atoms with Gasteiger partial charge in [-0.1, -0.05) is 20.8 Å². The Kier molecular flexibility index (Phi) is 6.39. The number of ketones is 1. The first kappa shape index (κ1) is 18.1. The van der Waals surface area contributed by atoms with E-state index in [4.69, 9.17) is 4.74 Å². The summed E-state index contributed by atoms with van der Waals surface area (Å²) in [7, 11) is 2.05. The van der Waals surface area contributed by atoms with Gasteiger partial charge in [0.2, 0.25) is 0 Å². The Bertz CT molecular complexity index is 378. The molecular formula is C17H31NO3. The van der Waals surface area contributed by atoms with Crippen molar-refractivity contribution in [2.24, 2.45) is 23.2 Å². The topological polar surface area (TPSA) is 46.6 Å². The molecule has 0 amide bonds. The van der Waals surface area contributed by atoms with Crippen LogP contribution in [0.5, 0.6) is 0 Å². The number of ether oxygens (including phenoxy) is 1. The fourth-order valence-corrected chi connectivity index (χ4v) is 3.38. The van der Waals surface area contributed by atoms with Gasteiger partial charge in [-0.2, -0.15) is 0 Å². The normalized spacial score (nSPS) is 33.5. The van der Waals surface area contributed by atoms with E-state index < -0.39 is 11.4 Å². The fraction of sp³-hybridized carbons (Fsp3) is 0.882. The summed E-state index contributed by atoms with van der Waals surface area (Å²) in [5.41, 5.74) is -1.04. The highest BCUT2D eigenvalue weighted by Crippen LogP contribution is 2.29. The van der Waals surface area contributed by atoms with Gasteiger partial charge in [-0.15, -0.1) is 0 Å². The Balaban J connectivity index is 2.89. The lowest BCUT2D eigenvalue weighted by atomic mass is 9.78. The van der Waals surface area contributed by atoms with Crippen molar-refractivity contribution in [3.05, 3.63) is 0 Å². The zero-order chi connectivity index (χ0) is 16.2. The molecule has 1 aliphatic heterocycles. The van der Waals surface area contributed by atoms with E-state index in [2.05, 4.69) is 18.7 Å². The standard InChI is InChI=1S/C17H31NO3/c1-12-9-13(2)11-18(6)7-8-21-16(20)17(4,5)15(19)14(3)10-12/h12-14H,7-11H2,1-6H3. The van der Waals surface area contributed by atoms with E-state index in [1.54, 1.807) is 13.8 Å². The third-order valence-corrected chi connectivity index (χ3v) is 4.46. The van der Waals surface area contributed by atoms with Crippen molar-refractivity contribution in [1.82, 2.24) is 4.90 Å². The van der Waals surface area contributed by atoms with Crippen molar-refractivity contribution in [3.8, 4) is 0 Å². The Morgan fingerprint density at radius 3 is 2.33 bits per heavy atom. The van der Waals surface area contributed by atoms with Gasteiger partial charge in [-0.05, 0) is 45.6 Å². The highest BCUT2D eigenvalue weighted by atomic mass is 16.5. The maximum absolute atomic E-state index is 12.6. The molecule has 1 fully saturated rings. The lowest BCUT2D eigenvalue weighted by Gasteiger charge is -2.26. The first-order chi connectivity index (χ1) is 9.64. The molecular weight excluding hydrogens is 266 g/mol. The Morgan fingerprint density at radius 2 is 1.71 bits per heavy atom. The number of carbonyl (C=O) groups is 2. The van der Waals surface area contributed by atoms with Gasteiger partial charge >= 0.3 is 5.97 Å². The monoisotopic (exact) mass is 297 g/mol. The van der Waals surface area contributed by atoms with Crippen LogP contribution in [-0.4, -0.2) is 43.4 Å². The van der Waals surface area contributed by atoms with E-state index in [0.717, 1.165) is 19.4 Å². The summed E-state index contributed by atoms with van der Waals surface area (Å²) in [6.07, 6.45) is 1.95. The summed E-state index contributed by atoms with van der Waals surface area (Å²) in [5, 5.41) is 0. The molecule has 0 aromatic heterocycles. The molecule has 1 heterocycles. The molecule has 4 nitrogen and oxygen atoms in total. The van der Waals surface area contributed by atoms with Crippen LogP contribution in [0.4, 0.5) is 0 Å². The van der Waals surface area contributed by atoms with E-state index in [-0.39, 0.29) is 11.7 Å². The molecule has 0 aromatic carbocycles. The highest BCUT2D eigenvalue weighted by molar-refractivity contribution is 6.03. The van der Waals surface area contributed by atoms with E-state index in [1.165, 1.54) is 0 Å². The Hall–Kier alpha value is -0.900. The lowest BCUT2D eigenvalue weighted by molar-refractivity contribution is -0.159. The van der Waals surface area contributed by atoms with Crippen molar-refractivity contribution >= 4 is 11.8 Å². The number of rotatable bonds is 0. The van der Waals surface area contributed by atoms with Crippen LogP contribution < -0.4 is 0 Å². The van der Waals surface area contributed by atoms with Crippen LogP contribution in [0.1, 0.15) is 47.5 Å². The number of hydrogen-bond acceptors (Lipinski definition) is 4. The predicted octanol–water partition coefficient (Wildman–Crippen LogP) is 2.76. The molecule has 0 radical (unpaired) electrons. The average Bonchev–Trinajstić information content (AvgIpc) is 2.35. The van der Waals surface area contributed by atoms with E-state index in [1.807, 2.05) is 14.0 Å². The van der Waals surface area contributed by atoms with E-state index in [0.29, 0.717) is 25.0 Å². The Morgan fingerprint density at radius 1 is 1.10 bits per heavy atom. The summed E-state index contributed by atoms with van der Waals surface area (Å²) in [6, 6.07) is 0. The zero-order valence-electron chi connectivity index (χ0n) is 14.4. The van der Waals surface area contributed by atoms with Gasteiger partial charge in [-0.25, -0.2) is 0 Å². The maximum atomic E-state index is 12.6. The smallest absolute Gasteiger partial charge is 0.319 e. The molecule has 0 saturated carbocycles. The molecule has 3 atom stereocenters. The fourth-order valence-electron chi connectivity index (χ4n) is 3.38. The third-order valence-electron chi connectivity index (χ3n) is 4.46. The number of nitrogens with zero attached hydrogens (tertiary/aromatic N) is 1.